The molecule has 0 spiro atoms. The Bertz CT molecular complexity index is 903. The van der Waals surface area contributed by atoms with E-state index in [2.05, 4.69) is 10.4 Å². The molecule has 2 heterocycles. The van der Waals surface area contributed by atoms with Crippen molar-refractivity contribution >= 4 is 22.6 Å². The summed E-state index contributed by atoms with van der Waals surface area (Å²) in [4.78, 5) is 12.7. The first-order valence-corrected chi connectivity index (χ1v) is 7.78. The Morgan fingerprint density at radius 1 is 1.26 bits per heavy atom. The lowest BCUT2D eigenvalue weighted by molar-refractivity contribution is 0.0997. The van der Waals surface area contributed by atoms with Gasteiger partial charge in [-0.25, -0.2) is 0 Å². The highest BCUT2D eigenvalue weighted by Gasteiger charge is 2.21. The van der Waals surface area contributed by atoms with E-state index in [1.54, 1.807) is 0 Å². The molecule has 1 aromatic carbocycles. The Morgan fingerprint density at radius 3 is 2.61 bits per heavy atom. The minimum absolute atomic E-state index is 0.236. The van der Waals surface area contributed by atoms with Gasteiger partial charge < -0.3 is 9.73 Å². The molecule has 23 heavy (non-hydrogen) atoms. The smallest absolute Gasteiger partial charge is 0.291 e. The van der Waals surface area contributed by atoms with E-state index in [1.165, 1.54) is 0 Å². The zero-order chi connectivity index (χ0) is 16.7. The van der Waals surface area contributed by atoms with E-state index in [0.717, 1.165) is 45.7 Å². The first-order valence-electron chi connectivity index (χ1n) is 7.78. The number of carbonyl (C=O) groups excluding carboxylic acids is 1. The molecule has 3 rings (SSSR count). The third-order valence-corrected chi connectivity index (χ3v) is 4.29. The molecule has 3 aromatic rings. The molecule has 0 aliphatic rings. The highest BCUT2D eigenvalue weighted by molar-refractivity contribution is 6.07. The van der Waals surface area contributed by atoms with E-state index < -0.39 is 0 Å². The fourth-order valence-corrected chi connectivity index (χ4v) is 2.96. The number of aryl methyl sites for hydroxylation is 4. The van der Waals surface area contributed by atoms with Crippen molar-refractivity contribution in [3.8, 4) is 0 Å². The second-order valence-corrected chi connectivity index (χ2v) is 5.82. The second kappa shape index (κ2) is 5.57. The van der Waals surface area contributed by atoms with Gasteiger partial charge in [-0.05, 0) is 40.2 Å². The van der Waals surface area contributed by atoms with Crippen molar-refractivity contribution in [2.75, 3.05) is 5.32 Å². The molecule has 0 saturated heterocycles. The Balaban J connectivity index is 2.00. The molecule has 0 fully saturated rings. The largest absolute Gasteiger partial charge is 0.450 e. The molecule has 0 aliphatic heterocycles. The summed E-state index contributed by atoms with van der Waals surface area (Å²) in [6.45, 7) is 10.5. The van der Waals surface area contributed by atoms with Crippen LogP contribution in [-0.2, 0) is 6.54 Å². The standard InChI is InChI=1S/C18H21N3O2/c1-6-21-13(5)15(12(4)20-21)19-18(22)17-11(3)14-9-7-8-10(2)16(14)23-17/h7-9H,6H2,1-5H3,(H,19,22). The van der Waals surface area contributed by atoms with Gasteiger partial charge in [-0.2, -0.15) is 5.10 Å². The van der Waals surface area contributed by atoms with Gasteiger partial charge in [-0.15, -0.1) is 0 Å². The quantitative estimate of drug-likeness (QED) is 0.791. The molecule has 1 N–H and O–H groups in total. The SMILES string of the molecule is CCn1nc(C)c(NC(=O)c2oc3c(C)cccc3c2C)c1C. The van der Waals surface area contributed by atoms with Crippen LogP contribution in [0.4, 0.5) is 5.69 Å². The van der Waals surface area contributed by atoms with Crippen LogP contribution < -0.4 is 5.32 Å². The monoisotopic (exact) mass is 311 g/mol. The zero-order valence-corrected chi connectivity index (χ0v) is 14.2. The molecule has 120 valence electrons. The molecule has 0 unspecified atom stereocenters. The molecule has 0 atom stereocenters. The van der Waals surface area contributed by atoms with Gasteiger partial charge in [0.1, 0.15) is 5.58 Å². The summed E-state index contributed by atoms with van der Waals surface area (Å²) in [7, 11) is 0. The van der Waals surface area contributed by atoms with Gasteiger partial charge in [0, 0.05) is 17.5 Å². The maximum atomic E-state index is 12.7. The van der Waals surface area contributed by atoms with E-state index in [-0.39, 0.29) is 5.91 Å². The second-order valence-electron chi connectivity index (χ2n) is 5.82. The van der Waals surface area contributed by atoms with E-state index in [9.17, 15) is 4.79 Å². The van der Waals surface area contributed by atoms with E-state index >= 15 is 0 Å². The highest BCUT2D eigenvalue weighted by Crippen LogP contribution is 2.29. The first-order chi connectivity index (χ1) is 10.9. The molecule has 5 heteroatoms. The molecule has 0 bridgehead atoms. The van der Waals surface area contributed by atoms with Gasteiger partial charge in [-0.1, -0.05) is 18.2 Å². The average Bonchev–Trinajstić information content (AvgIpc) is 3.00. The number of hydrogen-bond acceptors (Lipinski definition) is 3. The van der Waals surface area contributed by atoms with E-state index in [1.807, 2.05) is 57.5 Å². The summed E-state index contributed by atoms with van der Waals surface area (Å²) in [5.74, 6) is 0.123. The number of carbonyl (C=O) groups is 1. The molecular weight excluding hydrogens is 290 g/mol. The van der Waals surface area contributed by atoms with Gasteiger partial charge in [0.15, 0.2) is 5.76 Å². The Labute approximate surface area is 135 Å². The van der Waals surface area contributed by atoms with Crippen LogP contribution in [-0.4, -0.2) is 15.7 Å². The van der Waals surface area contributed by atoms with Crippen molar-refractivity contribution in [3.05, 3.63) is 46.5 Å². The summed E-state index contributed by atoms with van der Waals surface area (Å²) < 4.78 is 7.71. The van der Waals surface area contributed by atoms with Crippen LogP contribution in [0.5, 0.6) is 0 Å². The number of benzene rings is 1. The van der Waals surface area contributed by atoms with Gasteiger partial charge >= 0.3 is 0 Å². The van der Waals surface area contributed by atoms with Crippen LogP contribution in [0.3, 0.4) is 0 Å². The Hall–Kier alpha value is -2.56. The maximum absolute atomic E-state index is 12.7. The molecule has 5 nitrogen and oxygen atoms in total. The lowest BCUT2D eigenvalue weighted by atomic mass is 10.1. The molecule has 0 radical (unpaired) electrons. The van der Waals surface area contributed by atoms with Crippen LogP contribution in [0.25, 0.3) is 11.0 Å². The Morgan fingerprint density at radius 2 is 2.00 bits per heavy atom. The molecule has 0 aliphatic carbocycles. The van der Waals surface area contributed by atoms with Crippen molar-refractivity contribution < 1.29 is 9.21 Å². The summed E-state index contributed by atoms with van der Waals surface area (Å²) in [6, 6.07) is 5.93. The average molecular weight is 311 g/mol. The number of hydrogen-bond donors (Lipinski definition) is 1. The number of para-hydroxylation sites is 1. The van der Waals surface area contributed by atoms with Crippen molar-refractivity contribution in [2.45, 2.75) is 41.2 Å². The van der Waals surface area contributed by atoms with E-state index in [0.29, 0.717) is 5.76 Å². The fourth-order valence-electron chi connectivity index (χ4n) is 2.96. The molecule has 2 aromatic heterocycles. The predicted octanol–water partition coefficient (Wildman–Crippen LogP) is 4.14. The maximum Gasteiger partial charge on any atom is 0.291 e. The van der Waals surface area contributed by atoms with Gasteiger partial charge in [0.25, 0.3) is 5.91 Å². The van der Waals surface area contributed by atoms with Gasteiger partial charge in [-0.3, -0.25) is 9.48 Å². The van der Waals surface area contributed by atoms with Crippen LogP contribution in [0.1, 0.15) is 40.0 Å². The van der Waals surface area contributed by atoms with E-state index in [4.69, 9.17) is 4.42 Å². The number of nitrogens with zero attached hydrogens (tertiary/aromatic N) is 2. The number of rotatable bonds is 3. The summed E-state index contributed by atoms with van der Waals surface area (Å²) >= 11 is 0. The van der Waals surface area contributed by atoms with Crippen molar-refractivity contribution in [2.24, 2.45) is 0 Å². The lowest BCUT2D eigenvalue weighted by Gasteiger charge is -2.05. The summed E-state index contributed by atoms with van der Waals surface area (Å²) in [5.41, 5.74) is 5.17. The third-order valence-electron chi connectivity index (χ3n) is 4.29. The number of anilines is 1. The molecular formula is C18H21N3O2. The predicted molar refractivity (Wildman–Crippen MR) is 91.0 cm³/mol. The number of amides is 1. The zero-order valence-electron chi connectivity index (χ0n) is 14.2. The minimum atomic E-state index is -0.236. The fraction of sp³-hybridized carbons (Fsp3) is 0.333. The van der Waals surface area contributed by atoms with Crippen LogP contribution in [0.2, 0.25) is 0 Å². The number of fused-ring (bicyclic) bond motifs is 1. The molecule has 0 saturated carbocycles. The molecule has 1 amide bonds. The Kier molecular flexibility index (Phi) is 3.72. The van der Waals surface area contributed by atoms with Crippen LogP contribution >= 0.6 is 0 Å². The topological polar surface area (TPSA) is 60.1 Å². The normalized spacial score (nSPS) is 11.2. The first kappa shape index (κ1) is 15.3. The lowest BCUT2D eigenvalue weighted by Crippen LogP contribution is -2.13. The van der Waals surface area contributed by atoms with Crippen LogP contribution in [0, 0.1) is 27.7 Å². The third kappa shape index (κ3) is 2.42. The van der Waals surface area contributed by atoms with Crippen molar-refractivity contribution in [1.82, 2.24) is 9.78 Å². The minimum Gasteiger partial charge on any atom is -0.450 e. The van der Waals surface area contributed by atoms with Gasteiger partial charge in [0.2, 0.25) is 0 Å². The van der Waals surface area contributed by atoms with Crippen molar-refractivity contribution in [1.29, 1.82) is 0 Å². The number of aromatic nitrogens is 2. The summed E-state index contributed by atoms with van der Waals surface area (Å²) in [6.07, 6.45) is 0. The van der Waals surface area contributed by atoms with Crippen molar-refractivity contribution in [3.63, 3.8) is 0 Å². The highest BCUT2D eigenvalue weighted by atomic mass is 16.3. The number of furan rings is 1. The van der Waals surface area contributed by atoms with Gasteiger partial charge in [0.05, 0.1) is 17.1 Å². The van der Waals surface area contributed by atoms with Crippen LogP contribution in [0.15, 0.2) is 22.6 Å². The summed E-state index contributed by atoms with van der Waals surface area (Å²) in [5, 5.41) is 8.36. The number of nitrogens with one attached hydrogen (secondary N) is 1.